The number of pyridine rings is 1. The Morgan fingerprint density at radius 1 is 1.15 bits per heavy atom. The fraction of sp³-hybridized carbons (Fsp3) is 0.393. The average molecular weight is 593 g/mol. The number of esters is 2. The van der Waals surface area contributed by atoms with Crippen molar-refractivity contribution in [3.8, 4) is 5.69 Å². The minimum atomic E-state index is -0.943. The molecule has 4 rings (SSSR count). The highest BCUT2D eigenvalue weighted by atomic mass is 35.5. The third-order valence-corrected chi connectivity index (χ3v) is 7.12. The van der Waals surface area contributed by atoms with Crippen LogP contribution in [0, 0.1) is 11.6 Å². The van der Waals surface area contributed by atoms with Gasteiger partial charge in [-0.1, -0.05) is 18.5 Å². The zero-order chi connectivity index (χ0) is 29.8. The summed E-state index contributed by atoms with van der Waals surface area (Å²) in [5, 5.41) is 2.79. The Balaban J connectivity index is 2.01. The first kappa shape index (κ1) is 30.2. The zero-order valence-corrected chi connectivity index (χ0v) is 23.6. The summed E-state index contributed by atoms with van der Waals surface area (Å²) < 4.78 is 47.1. The Kier molecular flexibility index (Phi) is 9.46. The Hall–Kier alpha value is -3.74. The number of fused-ring (bicyclic) bond motifs is 1. The molecule has 1 aromatic heterocycles. The van der Waals surface area contributed by atoms with Crippen molar-refractivity contribution in [3.63, 3.8) is 0 Å². The van der Waals surface area contributed by atoms with Crippen LogP contribution in [0.4, 0.5) is 20.2 Å². The Morgan fingerprint density at radius 2 is 1.85 bits per heavy atom. The zero-order valence-electron chi connectivity index (χ0n) is 22.9. The van der Waals surface area contributed by atoms with E-state index in [1.807, 2.05) is 6.92 Å². The molecule has 1 saturated heterocycles. The summed E-state index contributed by atoms with van der Waals surface area (Å²) in [5.74, 6) is -3.15. The lowest BCUT2D eigenvalue weighted by molar-refractivity contribution is -0.142. The summed E-state index contributed by atoms with van der Waals surface area (Å²) in [6, 6.07) is 3.32. The average Bonchev–Trinajstić information content (AvgIpc) is 2.94. The molecule has 1 atom stereocenters. The maximum atomic E-state index is 15.7. The van der Waals surface area contributed by atoms with Crippen LogP contribution in [0.1, 0.15) is 43.1 Å². The Labute approximate surface area is 239 Å². The van der Waals surface area contributed by atoms with Crippen molar-refractivity contribution in [2.75, 3.05) is 44.0 Å². The van der Waals surface area contributed by atoms with E-state index in [0.29, 0.717) is 32.7 Å². The van der Waals surface area contributed by atoms with Gasteiger partial charge in [-0.25, -0.2) is 13.6 Å². The summed E-state index contributed by atoms with van der Waals surface area (Å²) in [5.41, 5.74) is 4.69. The molecule has 3 aromatic rings. The maximum absolute atomic E-state index is 15.7. The molecule has 3 N–H and O–H groups in total. The molecular weight excluding hydrogens is 562 g/mol. The minimum absolute atomic E-state index is 0.0184. The fourth-order valence-electron chi connectivity index (χ4n) is 4.74. The van der Waals surface area contributed by atoms with Crippen LogP contribution in [-0.4, -0.2) is 60.5 Å². The van der Waals surface area contributed by atoms with Crippen LogP contribution in [0.5, 0.6) is 0 Å². The van der Waals surface area contributed by atoms with Gasteiger partial charge in [-0.05, 0) is 31.5 Å². The van der Waals surface area contributed by atoms with Gasteiger partial charge in [0.2, 0.25) is 5.43 Å². The minimum Gasteiger partial charge on any atom is -0.462 e. The van der Waals surface area contributed by atoms with E-state index in [2.05, 4.69) is 10.2 Å². The van der Waals surface area contributed by atoms with Crippen molar-refractivity contribution >= 4 is 45.8 Å². The molecule has 0 saturated carbocycles. The number of nitrogens with zero attached hydrogens (tertiary/aromatic N) is 2. The molecule has 0 aliphatic carbocycles. The molecule has 2 heterocycles. The molecular formula is C28H31ClF2N4O6. The largest absolute Gasteiger partial charge is 0.462 e. The second-order valence-electron chi connectivity index (χ2n) is 9.41. The molecule has 0 radical (unpaired) electrons. The van der Waals surface area contributed by atoms with E-state index in [1.54, 1.807) is 6.92 Å². The van der Waals surface area contributed by atoms with Crippen LogP contribution >= 0.6 is 11.6 Å². The van der Waals surface area contributed by atoms with Gasteiger partial charge in [-0.15, -0.1) is 0 Å². The molecule has 41 heavy (non-hydrogen) atoms. The number of carbonyl (C=O) groups is 2. The van der Waals surface area contributed by atoms with Gasteiger partial charge in [0.1, 0.15) is 23.8 Å². The van der Waals surface area contributed by atoms with Gasteiger partial charge in [-0.3, -0.25) is 14.5 Å². The van der Waals surface area contributed by atoms with Gasteiger partial charge >= 0.3 is 11.9 Å². The number of anilines is 2. The van der Waals surface area contributed by atoms with E-state index in [9.17, 15) is 18.8 Å². The summed E-state index contributed by atoms with van der Waals surface area (Å²) in [7, 11) is 0. The van der Waals surface area contributed by atoms with Crippen molar-refractivity contribution in [2.24, 2.45) is 0 Å². The number of morpholine rings is 1. The number of rotatable bonds is 9. The fourth-order valence-corrected chi connectivity index (χ4v) is 5.07. The smallest absolute Gasteiger partial charge is 0.343 e. The van der Waals surface area contributed by atoms with Crippen LogP contribution in [-0.2, 0) is 25.6 Å². The van der Waals surface area contributed by atoms with E-state index < -0.39 is 34.6 Å². The van der Waals surface area contributed by atoms with Crippen molar-refractivity contribution in [1.29, 1.82) is 0 Å². The van der Waals surface area contributed by atoms with E-state index in [-0.39, 0.29) is 57.9 Å². The molecule has 1 fully saturated rings. The van der Waals surface area contributed by atoms with Crippen LogP contribution in [0.3, 0.4) is 0 Å². The van der Waals surface area contributed by atoms with Gasteiger partial charge in [0.05, 0.1) is 59.0 Å². The Morgan fingerprint density at radius 3 is 2.49 bits per heavy atom. The number of halogens is 3. The number of hydrogen-bond acceptors (Lipinski definition) is 9. The van der Waals surface area contributed by atoms with Gasteiger partial charge in [0.15, 0.2) is 0 Å². The van der Waals surface area contributed by atoms with E-state index in [4.69, 9.17) is 31.5 Å². The van der Waals surface area contributed by atoms with Crippen LogP contribution in [0.25, 0.3) is 16.6 Å². The van der Waals surface area contributed by atoms with Crippen LogP contribution in [0.15, 0.2) is 29.2 Å². The van der Waals surface area contributed by atoms with Crippen molar-refractivity contribution in [3.05, 3.63) is 62.4 Å². The number of aromatic nitrogens is 1. The topological polar surface area (TPSA) is 125 Å². The van der Waals surface area contributed by atoms with E-state index in [1.165, 1.54) is 23.8 Å². The second-order valence-corrected chi connectivity index (χ2v) is 9.78. The monoisotopic (exact) mass is 592 g/mol. The number of ether oxygens (including phenoxy) is 3. The lowest BCUT2D eigenvalue weighted by atomic mass is 10.1. The van der Waals surface area contributed by atoms with Gasteiger partial charge in [0, 0.05) is 31.8 Å². The van der Waals surface area contributed by atoms with Crippen LogP contribution < -0.4 is 16.5 Å². The highest BCUT2D eigenvalue weighted by molar-refractivity contribution is 6.38. The summed E-state index contributed by atoms with van der Waals surface area (Å²) in [4.78, 5) is 39.9. The predicted octanol–water partition coefficient (Wildman–Crippen LogP) is 4.22. The molecule has 2 aromatic carbocycles. The summed E-state index contributed by atoms with van der Waals surface area (Å²) in [6.07, 6.45) is 1.48. The quantitative estimate of drug-likeness (QED) is 0.277. The van der Waals surface area contributed by atoms with Gasteiger partial charge in [0.25, 0.3) is 0 Å². The maximum Gasteiger partial charge on any atom is 0.343 e. The lowest BCUT2D eigenvalue weighted by Gasteiger charge is -2.35. The second kappa shape index (κ2) is 12.8. The van der Waals surface area contributed by atoms with Crippen LogP contribution in [0.2, 0.25) is 5.02 Å². The Bertz CT molecular complexity index is 1540. The van der Waals surface area contributed by atoms with Gasteiger partial charge < -0.3 is 29.8 Å². The molecule has 0 amide bonds. The predicted molar refractivity (Wildman–Crippen MR) is 150 cm³/mol. The molecule has 10 nitrogen and oxygen atoms in total. The summed E-state index contributed by atoms with van der Waals surface area (Å²) in [6.45, 7) is 6.63. The standard InChI is InChI=1S/C28H31ClF2N4O6/c1-4-23(34-6-8-39-9-7-34)33-25-20(31)11-17-26(24(25)29)35(13-18(27(17)37)28(38)40-5-2)22-12-21(32)19(30)10-16(22)14-41-15(3)36/h10-13,23,33H,4-9,14,32H2,1-3H3. The number of nitrogen functional groups attached to an aromatic ring is 1. The molecule has 1 aliphatic heterocycles. The number of hydrogen-bond donors (Lipinski definition) is 2. The number of carbonyl (C=O) groups excluding carboxylic acids is 2. The van der Waals surface area contributed by atoms with E-state index in [0.717, 1.165) is 12.1 Å². The van der Waals surface area contributed by atoms with Crippen molar-refractivity contribution < 1.29 is 32.6 Å². The lowest BCUT2D eigenvalue weighted by Crippen LogP contribution is -2.47. The first-order valence-corrected chi connectivity index (χ1v) is 13.5. The molecule has 0 spiro atoms. The first-order chi connectivity index (χ1) is 19.6. The molecule has 1 aliphatic rings. The van der Waals surface area contributed by atoms with Crippen molar-refractivity contribution in [2.45, 2.75) is 40.0 Å². The normalized spacial score (nSPS) is 14.6. The summed E-state index contributed by atoms with van der Waals surface area (Å²) >= 11 is 6.85. The third kappa shape index (κ3) is 6.29. The number of nitrogens with one attached hydrogen (secondary N) is 1. The molecule has 0 bridgehead atoms. The third-order valence-electron chi connectivity index (χ3n) is 6.75. The highest BCUT2D eigenvalue weighted by Gasteiger charge is 2.27. The van der Waals surface area contributed by atoms with Crippen molar-refractivity contribution in [1.82, 2.24) is 9.47 Å². The number of benzene rings is 2. The SMILES string of the molecule is CCOC(=O)c1cn(-c2cc(N)c(F)cc2COC(C)=O)c2c(Cl)c(NC(CC)N3CCOCC3)c(F)cc2c1=O. The molecule has 220 valence electrons. The molecule has 13 heteroatoms. The van der Waals surface area contributed by atoms with Gasteiger partial charge in [-0.2, -0.15) is 0 Å². The highest BCUT2D eigenvalue weighted by Crippen LogP contribution is 2.36. The first-order valence-electron chi connectivity index (χ1n) is 13.1. The van der Waals surface area contributed by atoms with E-state index >= 15 is 4.39 Å². The number of nitrogens with two attached hydrogens (primary N) is 1. The molecule has 1 unspecified atom stereocenters.